The molecule has 0 aromatic heterocycles. The lowest BCUT2D eigenvalue weighted by Gasteiger charge is -2.39. The highest BCUT2D eigenvalue weighted by molar-refractivity contribution is 5.81. The van der Waals surface area contributed by atoms with E-state index in [0.29, 0.717) is 18.6 Å². The molecule has 0 spiro atoms. The van der Waals surface area contributed by atoms with Crippen molar-refractivity contribution in [2.24, 2.45) is 0 Å². The fraction of sp³-hybridized carbons (Fsp3) is 0.833. The zero-order chi connectivity index (χ0) is 13.5. The van der Waals surface area contributed by atoms with Crippen molar-refractivity contribution in [2.45, 2.75) is 45.7 Å². The lowest BCUT2D eigenvalue weighted by atomic mass is 10.1. The Morgan fingerprint density at radius 1 is 1.28 bits per heavy atom. The van der Waals surface area contributed by atoms with Crippen LogP contribution in [0, 0.1) is 0 Å². The van der Waals surface area contributed by atoms with Gasteiger partial charge in [-0.25, -0.2) is 0 Å². The summed E-state index contributed by atoms with van der Waals surface area (Å²) in [7, 11) is 0. The fourth-order valence-electron chi connectivity index (χ4n) is 2.18. The van der Waals surface area contributed by atoms with Gasteiger partial charge in [0.15, 0.2) is 0 Å². The molecule has 0 saturated carbocycles. The Balaban J connectivity index is 2.45. The summed E-state index contributed by atoms with van der Waals surface area (Å²) in [6.45, 7) is 7.76. The second-order valence-electron chi connectivity index (χ2n) is 4.73. The molecule has 18 heavy (non-hydrogen) atoms. The highest BCUT2D eigenvalue weighted by Gasteiger charge is 2.27. The highest BCUT2D eigenvalue weighted by atomic mass is 16.2. The molecule has 1 fully saturated rings. The second kappa shape index (κ2) is 7.33. The first-order valence-electron chi connectivity index (χ1n) is 6.59. The number of piperazine rings is 1. The summed E-state index contributed by atoms with van der Waals surface area (Å²) in [5.41, 5.74) is 4.72. The summed E-state index contributed by atoms with van der Waals surface area (Å²) < 4.78 is 0. The Morgan fingerprint density at radius 3 is 2.56 bits per heavy atom. The van der Waals surface area contributed by atoms with Crippen molar-refractivity contribution in [1.29, 1.82) is 0 Å². The number of rotatable bonds is 4. The van der Waals surface area contributed by atoms with Crippen molar-refractivity contribution in [2.75, 3.05) is 19.6 Å². The minimum absolute atomic E-state index is 0.166. The molecule has 1 aliphatic rings. The van der Waals surface area contributed by atoms with Gasteiger partial charge >= 0.3 is 0 Å². The first-order chi connectivity index (χ1) is 8.56. The van der Waals surface area contributed by atoms with Crippen LogP contribution in [0.1, 0.15) is 33.6 Å². The van der Waals surface area contributed by atoms with Gasteiger partial charge in [0.05, 0.1) is 6.54 Å². The van der Waals surface area contributed by atoms with Crippen LogP contribution >= 0.6 is 0 Å². The Morgan fingerprint density at radius 2 is 2.00 bits per heavy atom. The Bertz CT molecular complexity index is 296. The van der Waals surface area contributed by atoms with E-state index in [0.717, 1.165) is 25.9 Å². The Labute approximate surface area is 108 Å². The molecule has 3 N–H and O–H groups in total. The molecule has 1 rings (SSSR count). The molecule has 0 aromatic rings. The average Bonchev–Trinajstić information content (AvgIpc) is 2.36. The smallest absolute Gasteiger partial charge is 0.252 e. The molecule has 0 radical (unpaired) electrons. The second-order valence-corrected chi connectivity index (χ2v) is 4.73. The number of hydrogen-bond donors (Lipinski definition) is 3. The summed E-state index contributed by atoms with van der Waals surface area (Å²) in [6.07, 6.45) is 2.07. The van der Waals surface area contributed by atoms with E-state index >= 15 is 0 Å². The molecule has 0 bridgehead atoms. The minimum atomic E-state index is -0.262. The molecule has 2 atom stereocenters. The molecule has 6 heteroatoms. The molecule has 2 unspecified atom stereocenters. The molecule has 2 amide bonds. The minimum Gasteiger partial charge on any atom is -0.311 e. The van der Waals surface area contributed by atoms with Crippen LogP contribution < -0.4 is 16.2 Å². The molecule has 104 valence electrons. The van der Waals surface area contributed by atoms with Gasteiger partial charge in [-0.3, -0.25) is 25.3 Å². The van der Waals surface area contributed by atoms with E-state index in [-0.39, 0.29) is 11.8 Å². The predicted octanol–water partition coefficient (Wildman–Crippen LogP) is -0.384. The summed E-state index contributed by atoms with van der Waals surface area (Å²) in [4.78, 5) is 24.6. The third-order valence-corrected chi connectivity index (χ3v) is 3.30. The quantitative estimate of drug-likeness (QED) is 0.599. The van der Waals surface area contributed by atoms with Crippen LogP contribution in [0.4, 0.5) is 0 Å². The average molecular weight is 256 g/mol. The van der Waals surface area contributed by atoms with E-state index in [9.17, 15) is 9.59 Å². The zero-order valence-corrected chi connectivity index (χ0v) is 11.5. The topological polar surface area (TPSA) is 73.5 Å². The molecule has 0 aromatic carbocycles. The Hall–Kier alpha value is -1.14. The molecule has 0 aliphatic carbocycles. The maximum Gasteiger partial charge on any atom is 0.252 e. The van der Waals surface area contributed by atoms with Gasteiger partial charge in [-0.15, -0.1) is 0 Å². The number of hydrazine groups is 1. The van der Waals surface area contributed by atoms with E-state index in [1.54, 1.807) is 0 Å². The first kappa shape index (κ1) is 14.9. The normalized spacial score (nSPS) is 24.6. The van der Waals surface area contributed by atoms with Crippen molar-refractivity contribution < 1.29 is 9.59 Å². The van der Waals surface area contributed by atoms with Gasteiger partial charge in [0.25, 0.3) is 5.91 Å². The lowest BCUT2D eigenvalue weighted by Crippen LogP contribution is -2.58. The number of nitrogens with one attached hydrogen (secondary N) is 3. The van der Waals surface area contributed by atoms with Crippen LogP contribution in [0.15, 0.2) is 0 Å². The number of carbonyl (C=O) groups is 2. The summed E-state index contributed by atoms with van der Waals surface area (Å²) >= 11 is 0. The van der Waals surface area contributed by atoms with Gasteiger partial charge in [-0.2, -0.15) is 0 Å². The third kappa shape index (κ3) is 4.62. The molecule has 6 nitrogen and oxygen atoms in total. The van der Waals surface area contributed by atoms with E-state index < -0.39 is 0 Å². The van der Waals surface area contributed by atoms with Gasteiger partial charge in [-0.1, -0.05) is 13.8 Å². The zero-order valence-electron chi connectivity index (χ0n) is 11.5. The largest absolute Gasteiger partial charge is 0.311 e. The summed E-state index contributed by atoms with van der Waals surface area (Å²) in [6, 6.07) is 0.831. The molecule has 1 saturated heterocycles. The van der Waals surface area contributed by atoms with Gasteiger partial charge in [0, 0.05) is 32.1 Å². The van der Waals surface area contributed by atoms with Crippen LogP contribution in [-0.4, -0.2) is 48.4 Å². The first-order valence-corrected chi connectivity index (χ1v) is 6.59. The van der Waals surface area contributed by atoms with Crippen LogP contribution in [0.2, 0.25) is 0 Å². The SMILES string of the molecule is CCC1CN(CC(=O)NNC(C)=O)C(CC)CN1. The third-order valence-electron chi connectivity index (χ3n) is 3.30. The maximum absolute atomic E-state index is 11.7. The van der Waals surface area contributed by atoms with Crippen LogP contribution in [0.3, 0.4) is 0 Å². The molecular formula is C12H24N4O2. The van der Waals surface area contributed by atoms with Crippen molar-refractivity contribution >= 4 is 11.8 Å². The number of nitrogens with zero attached hydrogens (tertiary/aromatic N) is 1. The van der Waals surface area contributed by atoms with E-state index in [2.05, 4.69) is 34.9 Å². The number of hydrogen-bond acceptors (Lipinski definition) is 4. The monoisotopic (exact) mass is 256 g/mol. The van der Waals surface area contributed by atoms with Crippen LogP contribution in [0.25, 0.3) is 0 Å². The van der Waals surface area contributed by atoms with Gasteiger partial charge in [0.1, 0.15) is 0 Å². The van der Waals surface area contributed by atoms with Crippen molar-refractivity contribution in [3.8, 4) is 0 Å². The standard InChI is InChI=1S/C12H24N4O2/c1-4-10-7-16(11(5-2)6-13-10)8-12(18)15-14-9(3)17/h10-11,13H,4-8H2,1-3H3,(H,14,17)(H,15,18). The van der Waals surface area contributed by atoms with Crippen LogP contribution in [-0.2, 0) is 9.59 Å². The van der Waals surface area contributed by atoms with Gasteiger partial charge in [0.2, 0.25) is 5.91 Å². The van der Waals surface area contributed by atoms with E-state index in [4.69, 9.17) is 0 Å². The number of carbonyl (C=O) groups excluding carboxylic acids is 2. The fourth-order valence-corrected chi connectivity index (χ4v) is 2.18. The van der Waals surface area contributed by atoms with Crippen molar-refractivity contribution in [3.63, 3.8) is 0 Å². The summed E-state index contributed by atoms with van der Waals surface area (Å²) in [5, 5.41) is 3.48. The number of amides is 2. The maximum atomic E-state index is 11.7. The Kier molecular flexibility index (Phi) is 6.07. The molecule has 1 heterocycles. The van der Waals surface area contributed by atoms with Gasteiger partial charge in [-0.05, 0) is 12.8 Å². The van der Waals surface area contributed by atoms with E-state index in [1.165, 1.54) is 6.92 Å². The summed E-state index contributed by atoms with van der Waals surface area (Å²) in [5.74, 6) is -0.428. The lowest BCUT2D eigenvalue weighted by molar-refractivity contribution is -0.129. The van der Waals surface area contributed by atoms with Crippen molar-refractivity contribution in [1.82, 2.24) is 21.1 Å². The molecule has 1 aliphatic heterocycles. The van der Waals surface area contributed by atoms with E-state index in [1.807, 2.05) is 0 Å². The predicted molar refractivity (Wildman–Crippen MR) is 69.7 cm³/mol. The van der Waals surface area contributed by atoms with Crippen LogP contribution in [0.5, 0.6) is 0 Å². The highest BCUT2D eigenvalue weighted by Crippen LogP contribution is 2.11. The van der Waals surface area contributed by atoms with Gasteiger partial charge < -0.3 is 5.32 Å². The van der Waals surface area contributed by atoms with Crippen molar-refractivity contribution in [3.05, 3.63) is 0 Å². The molecular weight excluding hydrogens is 232 g/mol.